The summed E-state index contributed by atoms with van der Waals surface area (Å²) in [5.74, 6) is 0.539. The fourth-order valence-electron chi connectivity index (χ4n) is 3.44. The minimum absolute atomic E-state index is 0.149. The first-order valence-electron chi connectivity index (χ1n) is 9.17. The maximum absolute atomic E-state index is 12.6. The van der Waals surface area contributed by atoms with Crippen molar-refractivity contribution in [2.45, 2.75) is 33.1 Å². The van der Waals surface area contributed by atoms with Crippen LogP contribution in [0.5, 0.6) is 5.75 Å². The summed E-state index contributed by atoms with van der Waals surface area (Å²) in [6, 6.07) is 5.65. The first-order valence-corrected chi connectivity index (χ1v) is 9.17. The molecule has 6 heteroatoms. The minimum Gasteiger partial charge on any atom is -0.495 e. The summed E-state index contributed by atoms with van der Waals surface area (Å²) in [7, 11) is 1.61. The lowest BCUT2D eigenvalue weighted by Crippen LogP contribution is -2.03. The number of benzene rings is 1. The molecule has 0 spiro atoms. The average Bonchev–Trinajstić information content (AvgIpc) is 3.24. The molecule has 3 heterocycles. The highest BCUT2D eigenvalue weighted by Gasteiger charge is 2.28. The van der Waals surface area contributed by atoms with Gasteiger partial charge in [-0.05, 0) is 44.0 Å². The van der Waals surface area contributed by atoms with E-state index in [9.17, 15) is 4.79 Å². The number of H-pyrrole nitrogens is 1. The van der Waals surface area contributed by atoms with Crippen molar-refractivity contribution in [1.82, 2.24) is 15.0 Å². The molecule has 4 rings (SSSR count). The largest absolute Gasteiger partial charge is 0.495 e. The molecule has 1 aliphatic rings. The number of amides is 1. The molecule has 27 heavy (non-hydrogen) atoms. The number of ether oxygens (including phenoxy) is 1. The first-order chi connectivity index (χ1) is 13.1. The Bertz CT molecular complexity index is 1070. The number of carbonyl (C=O) groups excluding carboxylic acids is 1. The summed E-state index contributed by atoms with van der Waals surface area (Å²) < 4.78 is 5.34. The summed E-state index contributed by atoms with van der Waals surface area (Å²) in [6.45, 7) is 4.15. The molecule has 1 aliphatic heterocycles. The fourth-order valence-corrected chi connectivity index (χ4v) is 3.44. The Labute approximate surface area is 157 Å². The van der Waals surface area contributed by atoms with Crippen LogP contribution in [-0.2, 0) is 11.2 Å². The van der Waals surface area contributed by atoms with Gasteiger partial charge in [0.05, 0.1) is 46.5 Å². The summed E-state index contributed by atoms with van der Waals surface area (Å²) >= 11 is 0. The van der Waals surface area contributed by atoms with Gasteiger partial charge in [0.2, 0.25) is 0 Å². The Morgan fingerprint density at radius 1 is 1.22 bits per heavy atom. The van der Waals surface area contributed by atoms with Crippen LogP contribution in [0.4, 0.5) is 5.69 Å². The van der Waals surface area contributed by atoms with Crippen LogP contribution in [0.2, 0.25) is 0 Å². The van der Waals surface area contributed by atoms with Gasteiger partial charge in [0.25, 0.3) is 5.91 Å². The molecule has 138 valence electrons. The van der Waals surface area contributed by atoms with Gasteiger partial charge in [0.1, 0.15) is 5.75 Å². The standard InChI is InChI=1S/C21H22N4O2/c1-4-5-6-14-12(2)23-20-16(24-14)8-7-15-19(20)13(21(26)25-15)11-17-18(27-3)9-10-22-17/h7-11,22H,4-6H2,1-3H3,(H,25,26)/b13-11+. The third kappa shape index (κ3) is 2.97. The maximum atomic E-state index is 12.6. The molecule has 3 aromatic rings. The van der Waals surface area contributed by atoms with Crippen LogP contribution in [0.3, 0.4) is 0 Å². The molecule has 0 aliphatic carbocycles. The highest BCUT2D eigenvalue weighted by atomic mass is 16.5. The van der Waals surface area contributed by atoms with E-state index in [1.165, 1.54) is 0 Å². The molecule has 0 fully saturated rings. The number of nitrogens with zero attached hydrogens (tertiary/aromatic N) is 2. The van der Waals surface area contributed by atoms with E-state index in [0.717, 1.165) is 58.6 Å². The Morgan fingerprint density at radius 2 is 2.07 bits per heavy atom. The van der Waals surface area contributed by atoms with E-state index < -0.39 is 0 Å². The van der Waals surface area contributed by atoms with E-state index in [-0.39, 0.29) is 5.91 Å². The van der Waals surface area contributed by atoms with Gasteiger partial charge >= 0.3 is 0 Å². The van der Waals surface area contributed by atoms with Gasteiger partial charge in [-0.2, -0.15) is 0 Å². The van der Waals surface area contributed by atoms with Crippen molar-refractivity contribution in [1.29, 1.82) is 0 Å². The van der Waals surface area contributed by atoms with E-state index in [4.69, 9.17) is 14.7 Å². The molecule has 1 amide bonds. The van der Waals surface area contributed by atoms with E-state index in [0.29, 0.717) is 11.3 Å². The molecule has 0 radical (unpaired) electrons. The average molecular weight is 362 g/mol. The molecular formula is C21H22N4O2. The van der Waals surface area contributed by atoms with Crippen molar-refractivity contribution >= 4 is 34.3 Å². The highest BCUT2D eigenvalue weighted by Crippen LogP contribution is 2.38. The number of aryl methyl sites for hydroxylation is 2. The Kier molecular flexibility index (Phi) is 4.39. The van der Waals surface area contributed by atoms with Crippen LogP contribution >= 0.6 is 0 Å². The second kappa shape index (κ2) is 6.87. The normalized spacial score (nSPS) is 14.6. The van der Waals surface area contributed by atoms with Gasteiger partial charge in [0.15, 0.2) is 0 Å². The van der Waals surface area contributed by atoms with Gasteiger partial charge in [-0.3, -0.25) is 4.79 Å². The van der Waals surface area contributed by atoms with Gasteiger partial charge in [-0.25, -0.2) is 9.97 Å². The number of aromatic nitrogens is 3. The zero-order valence-corrected chi connectivity index (χ0v) is 15.7. The van der Waals surface area contributed by atoms with Gasteiger partial charge in [0, 0.05) is 11.8 Å². The number of hydrogen-bond acceptors (Lipinski definition) is 4. The molecule has 6 nitrogen and oxygen atoms in total. The van der Waals surface area contributed by atoms with Crippen LogP contribution in [0.25, 0.3) is 22.7 Å². The van der Waals surface area contributed by atoms with Crippen LogP contribution in [-0.4, -0.2) is 28.0 Å². The Hall–Kier alpha value is -3.15. The third-order valence-electron chi connectivity index (χ3n) is 4.89. The predicted octanol–water partition coefficient (Wildman–Crippen LogP) is 4.11. The van der Waals surface area contributed by atoms with Crippen molar-refractivity contribution in [3.8, 4) is 5.75 Å². The van der Waals surface area contributed by atoms with Crippen molar-refractivity contribution < 1.29 is 9.53 Å². The molecule has 1 aromatic carbocycles. The molecule has 2 N–H and O–H groups in total. The quantitative estimate of drug-likeness (QED) is 0.670. The third-order valence-corrected chi connectivity index (χ3v) is 4.89. The highest BCUT2D eigenvalue weighted by molar-refractivity contribution is 6.37. The fraction of sp³-hybridized carbons (Fsp3) is 0.286. The second-order valence-electron chi connectivity index (χ2n) is 6.69. The number of methoxy groups -OCH3 is 1. The van der Waals surface area contributed by atoms with Gasteiger partial charge in [-0.1, -0.05) is 13.3 Å². The number of nitrogens with one attached hydrogen (secondary N) is 2. The monoisotopic (exact) mass is 362 g/mol. The van der Waals surface area contributed by atoms with Crippen molar-refractivity contribution in [3.63, 3.8) is 0 Å². The van der Waals surface area contributed by atoms with Crippen molar-refractivity contribution in [2.75, 3.05) is 12.4 Å². The van der Waals surface area contributed by atoms with E-state index >= 15 is 0 Å². The predicted molar refractivity (Wildman–Crippen MR) is 107 cm³/mol. The maximum Gasteiger partial charge on any atom is 0.256 e. The Morgan fingerprint density at radius 3 is 2.85 bits per heavy atom. The molecule has 0 atom stereocenters. The zero-order valence-electron chi connectivity index (χ0n) is 15.7. The zero-order chi connectivity index (χ0) is 19.0. The molecule has 0 unspecified atom stereocenters. The van der Waals surface area contributed by atoms with E-state index in [1.807, 2.05) is 25.1 Å². The lowest BCUT2D eigenvalue weighted by atomic mass is 10.0. The molecular weight excluding hydrogens is 340 g/mol. The van der Waals surface area contributed by atoms with Crippen LogP contribution < -0.4 is 10.1 Å². The van der Waals surface area contributed by atoms with Gasteiger partial charge < -0.3 is 15.0 Å². The number of carbonyl (C=O) groups is 1. The number of unbranched alkanes of at least 4 members (excludes halogenated alkanes) is 1. The Balaban J connectivity index is 1.88. The number of aromatic amines is 1. The number of rotatable bonds is 5. The van der Waals surface area contributed by atoms with Crippen molar-refractivity contribution in [3.05, 3.63) is 47.0 Å². The lowest BCUT2D eigenvalue weighted by molar-refractivity contribution is -0.110. The minimum atomic E-state index is -0.149. The lowest BCUT2D eigenvalue weighted by Gasteiger charge is -2.09. The van der Waals surface area contributed by atoms with E-state index in [1.54, 1.807) is 19.4 Å². The topological polar surface area (TPSA) is 79.9 Å². The van der Waals surface area contributed by atoms with Crippen LogP contribution in [0.15, 0.2) is 24.4 Å². The SMILES string of the molecule is CCCCc1nc2ccc3c(c2nc1C)/C(=C\c1[nH]ccc1OC)C(=O)N3. The molecule has 2 aromatic heterocycles. The van der Waals surface area contributed by atoms with Crippen LogP contribution in [0.1, 0.15) is 42.4 Å². The van der Waals surface area contributed by atoms with Crippen molar-refractivity contribution in [2.24, 2.45) is 0 Å². The summed E-state index contributed by atoms with van der Waals surface area (Å²) in [5.41, 5.74) is 6.37. The van der Waals surface area contributed by atoms with Crippen LogP contribution in [0, 0.1) is 6.92 Å². The second-order valence-corrected chi connectivity index (χ2v) is 6.69. The summed E-state index contributed by atoms with van der Waals surface area (Å²) in [5, 5.41) is 2.93. The smallest absolute Gasteiger partial charge is 0.256 e. The number of hydrogen-bond donors (Lipinski definition) is 2. The molecule has 0 saturated carbocycles. The van der Waals surface area contributed by atoms with E-state index in [2.05, 4.69) is 17.2 Å². The summed E-state index contributed by atoms with van der Waals surface area (Å²) in [4.78, 5) is 25.4. The molecule has 0 bridgehead atoms. The first kappa shape index (κ1) is 17.3. The summed E-state index contributed by atoms with van der Waals surface area (Å²) in [6.07, 6.45) is 6.71. The number of fused-ring (bicyclic) bond motifs is 3. The number of anilines is 1. The van der Waals surface area contributed by atoms with Gasteiger partial charge in [-0.15, -0.1) is 0 Å². The molecule has 0 saturated heterocycles.